The van der Waals surface area contributed by atoms with E-state index >= 15 is 0 Å². The Morgan fingerprint density at radius 2 is 1.71 bits per heavy atom. The van der Waals surface area contributed by atoms with Crippen LogP contribution >= 0.6 is 0 Å². The number of amides is 2. The summed E-state index contributed by atoms with van der Waals surface area (Å²) in [6.45, 7) is 5.04. The van der Waals surface area contributed by atoms with Gasteiger partial charge >= 0.3 is 0 Å². The van der Waals surface area contributed by atoms with E-state index in [0.29, 0.717) is 6.54 Å². The standard InChI is InChI=1S/C24H37N3O4/c1-17(2)26(3)24(30)21-16-27(14-19-12-9-13-31-19)15-20(22(21)28)23(29)25-18-10-7-5-4-6-8-11-18/h15-19H,4-14H2,1-3H3,(H,25,29)/t19-/m1/s1. The Kier molecular flexibility index (Phi) is 8.29. The minimum atomic E-state index is -0.496. The number of nitrogens with one attached hydrogen (secondary N) is 1. The number of aromatic nitrogens is 1. The fourth-order valence-electron chi connectivity index (χ4n) is 4.36. The molecule has 7 nitrogen and oxygen atoms in total. The van der Waals surface area contributed by atoms with Crippen LogP contribution in [0.1, 0.15) is 92.4 Å². The molecule has 1 saturated heterocycles. The first-order valence-corrected chi connectivity index (χ1v) is 11.8. The SMILES string of the molecule is CC(C)N(C)C(=O)c1cn(C[C@H]2CCCO2)cc(C(=O)NC2CCCCCCC2)c1=O. The van der Waals surface area contributed by atoms with Gasteiger partial charge in [0.25, 0.3) is 11.8 Å². The van der Waals surface area contributed by atoms with Crippen LogP contribution in [0.4, 0.5) is 0 Å². The van der Waals surface area contributed by atoms with Crippen LogP contribution in [0.2, 0.25) is 0 Å². The highest BCUT2D eigenvalue weighted by Crippen LogP contribution is 2.18. The molecule has 1 saturated carbocycles. The molecular weight excluding hydrogens is 394 g/mol. The molecule has 0 spiro atoms. The van der Waals surface area contributed by atoms with Crippen LogP contribution in [0.25, 0.3) is 0 Å². The summed E-state index contributed by atoms with van der Waals surface area (Å²) in [6, 6.07) is 0.0300. The van der Waals surface area contributed by atoms with Crippen LogP contribution in [0, 0.1) is 0 Å². The second-order valence-corrected chi connectivity index (χ2v) is 9.27. The van der Waals surface area contributed by atoms with Crippen molar-refractivity contribution in [3.63, 3.8) is 0 Å². The topological polar surface area (TPSA) is 80.6 Å². The van der Waals surface area contributed by atoms with Crippen molar-refractivity contribution in [2.75, 3.05) is 13.7 Å². The van der Waals surface area contributed by atoms with Gasteiger partial charge in [-0.3, -0.25) is 14.4 Å². The molecule has 1 atom stereocenters. The molecule has 1 N–H and O–H groups in total. The van der Waals surface area contributed by atoms with E-state index < -0.39 is 5.43 Å². The smallest absolute Gasteiger partial charge is 0.259 e. The molecule has 1 aliphatic heterocycles. The highest BCUT2D eigenvalue weighted by atomic mass is 16.5. The molecule has 1 aromatic rings. The predicted octanol–water partition coefficient (Wildman–Crippen LogP) is 3.35. The maximum absolute atomic E-state index is 13.2. The van der Waals surface area contributed by atoms with Crippen LogP contribution in [0.15, 0.2) is 17.2 Å². The van der Waals surface area contributed by atoms with Crippen molar-refractivity contribution >= 4 is 11.8 Å². The third-order valence-corrected chi connectivity index (χ3v) is 6.53. The summed E-state index contributed by atoms with van der Waals surface area (Å²) in [5.74, 6) is -0.736. The van der Waals surface area contributed by atoms with Crippen molar-refractivity contribution in [2.24, 2.45) is 0 Å². The molecule has 0 bridgehead atoms. The van der Waals surface area contributed by atoms with E-state index in [9.17, 15) is 14.4 Å². The summed E-state index contributed by atoms with van der Waals surface area (Å²) >= 11 is 0. The lowest BCUT2D eigenvalue weighted by Crippen LogP contribution is -2.41. The van der Waals surface area contributed by atoms with Gasteiger partial charge in [0.05, 0.1) is 6.10 Å². The second kappa shape index (κ2) is 10.9. The summed E-state index contributed by atoms with van der Waals surface area (Å²) in [5.41, 5.74) is -0.410. The van der Waals surface area contributed by atoms with Crippen molar-refractivity contribution in [3.8, 4) is 0 Å². The maximum atomic E-state index is 13.2. The predicted molar refractivity (Wildman–Crippen MR) is 120 cm³/mol. The average Bonchev–Trinajstić information content (AvgIpc) is 3.22. The molecule has 1 aromatic heterocycles. The van der Waals surface area contributed by atoms with Crippen molar-refractivity contribution in [3.05, 3.63) is 33.7 Å². The third-order valence-electron chi connectivity index (χ3n) is 6.53. The molecule has 3 rings (SSSR count). The quantitative estimate of drug-likeness (QED) is 0.749. The molecule has 0 aromatic carbocycles. The molecule has 0 unspecified atom stereocenters. The van der Waals surface area contributed by atoms with Gasteiger partial charge in [-0.15, -0.1) is 0 Å². The lowest BCUT2D eigenvalue weighted by molar-refractivity contribution is 0.0750. The van der Waals surface area contributed by atoms with Crippen molar-refractivity contribution in [1.82, 2.24) is 14.8 Å². The number of hydrogen-bond acceptors (Lipinski definition) is 4. The lowest BCUT2D eigenvalue weighted by atomic mass is 9.96. The molecule has 2 fully saturated rings. The van der Waals surface area contributed by atoms with Gasteiger partial charge in [0, 0.05) is 44.7 Å². The number of pyridine rings is 1. The highest BCUT2D eigenvalue weighted by Gasteiger charge is 2.25. The maximum Gasteiger partial charge on any atom is 0.259 e. The summed E-state index contributed by atoms with van der Waals surface area (Å²) in [5, 5.41) is 3.07. The second-order valence-electron chi connectivity index (χ2n) is 9.27. The summed E-state index contributed by atoms with van der Waals surface area (Å²) < 4.78 is 7.51. The first kappa shape index (κ1) is 23.5. The third kappa shape index (κ3) is 6.19. The zero-order chi connectivity index (χ0) is 22.4. The van der Waals surface area contributed by atoms with Crippen LogP contribution in [-0.2, 0) is 11.3 Å². The Hall–Kier alpha value is -2.15. The largest absolute Gasteiger partial charge is 0.376 e. The Morgan fingerprint density at radius 1 is 1.06 bits per heavy atom. The molecule has 1 aliphatic carbocycles. The van der Waals surface area contributed by atoms with Gasteiger partial charge in [-0.05, 0) is 39.5 Å². The van der Waals surface area contributed by atoms with Crippen LogP contribution in [-0.4, -0.2) is 53.1 Å². The van der Waals surface area contributed by atoms with Gasteiger partial charge in [0.2, 0.25) is 5.43 Å². The zero-order valence-electron chi connectivity index (χ0n) is 19.2. The Balaban J connectivity index is 1.88. The average molecular weight is 432 g/mol. The molecule has 172 valence electrons. The number of carbonyl (C=O) groups excluding carboxylic acids is 2. The summed E-state index contributed by atoms with van der Waals surface area (Å²) in [7, 11) is 1.68. The summed E-state index contributed by atoms with van der Waals surface area (Å²) in [6.07, 6.45) is 12.8. The van der Waals surface area contributed by atoms with Gasteiger partial charge in [-0.25, -0.2) is 0 Å². The van der Waals surface area contributed by atoms with Crippen molar-refractivity contribution < 1.29 is 14.3 Å². The van der Waals surface area contributed by atoms with Gasteiger partial charge < -0.3 is 19.5 Å². The van der Waals surface area contributed by atoms with Crippen molar-refractivity contribution in [1.29, 1.82) is 0 Å². The number of carbonyl (C=O) groups is 2. The van der Waals surface area contributed by atoms with Gasteiger partial charge in [0.1, 0.15) is 11.1 Å². The van der Waals surface area contributed by atoms with E-state index in [1.54, 1.807) is 24.0 Å². The molecule has 0 radical (unpaired) electrons. The fraction of sp³-hybridized carbons (Fsp3) is 0.708. The summed E-state index contributed by atoms with van der Waals surface area (Å²) in [4.78, 5) is 40.8. The van der Waals surface area contributed by atoms with E-state index in [1.165, 1.54) is 24.2 Å². The molecule has 7 heteroatoms. The molecule has 2 amide bonds. The molecule has 2 aliphatic rings. The molecular formula is C24H37N3O4. The van der Waals surface area contributed by atoms with E-state index in [0.717, 1.165) is 45.1 Å². The van der Waals surface area contributed by atoms with Crippen molar-refractivity contribution in [2.45, 2.75) is 96.4 Å². The Bertz CT molecular complexity index is 819. The van der Waals surface area contributed by atoms with E-state index in [1.807, 2.05) is 13.8 Å². The van der Waals surface area contributed by atoms with E-state index in [4.69, 9.17) is 4.74 Å². The Morgan fingerprint density at radius 3 is 2.32 bits per heavy atom. The monoisotopic (exact) mass is 431 g/mol. The first-order chi connectivity index (χ1) is 14.9. The van der Waals surface area contributed by atoms with Crippen LogP contribution in [0.3, 0.4) is 0 Å². The normalized spacial score (nSPS) is 20.3. The van der Waals surface area contributed by atoms with Crippen LogP contribution < -0.4 is 10.7 Å². The number of nitrogens with zero attached hydrogens (tertiary/aromatic N) is 2. The fourth-order valence-corrected chi connectivity index (χ4v) is 4.36. The van der Waals surface area contributed by atoms with Crippen LogP contribution in [0.5, 0.6) is 0 Å². The minimum Gasteiger partial charge on any atom is -0.376 e. The Labute approximate surface area is 185 Å². The zero-order valence-corrected chi connectivity index (χ0v) is 19.2. The molecule has 2 heterocycles. The van der Waals surface area contributed by atoms with E-state index in [2.05, 4.69) is 5.32 Å². The highest BCUT2D eigenvalue weighted by molar-refractivity contribution is 5.99. The number of ether oxygens (including phenoxy) is 1. The van der Waals surface area contributed by atoms with Gasteiger partial charge in [-0.2, -0.15) is 0 Å². The lowest BCUT2D eigenvalue weighted by Gasteiger charge is -2.23. The first-order valence-electron chi connectivity index (χ1n) is 11.8. The van der Waals surface area contributed by atoms with Gasteiger partial charge in [0.15, 0.2) is 0 Å². The number of rotatable bonds is 6. The van der Waals surface area contributed by atoms with E-state index in [-0.39, 0.29) is 41.1 Å². The molecule has 31 heavy (non-hydrogen) atoms. The number of hydrogen-bond donors (Lipinski definition) is 1. The minimum absolute atomic E-state index is 0.0369. The van der Waals surface area contributed by atoms with Gasteiger partial charge in [-0.1, -0.05) is 32.1 Å².